The molecule has 0 aromatic heterocycles. The molecule has 1 N–H and O–H groups in total. The van der Waals surface area contributed by atoms with Crippen LogP contribution in [0.4, 0.5) is 0 Å². The Morgan fingerprint density at radius 1 is 1.28 bits per heavy atom. The number of nitrogens with zero attached hydrogens (tertiary/aromatic N) is 1. The summed E-state index contributed by atoms with van der Waals surface area (Å²) in [6.45, 7) is 2.45. The summed E-state index contributed by atoms with van der Waals surface area (Å²) in [5, 5.41) is 4.00. The molecule has 0 radical (unpaired) electrons. The minimum absolute atomic E-state index is 0.128. The van der Waals surface area contributed by atoms with Gasteiger partial charge in [0.1, 0.15) is 0 Å². The number of ether oxygens (including phenoxy) is 2. The Labute approximate surface area is 156 Å². The molecule has 2 aromatic rings. The number of nitrogens with one attached hydrogen (secondary N) is 1. The number of rotatable bonds is 8. The molecule has 25 heavy (non-hydrogen) atoms. The van der Waals surface area contributed by atoms with E-state index in [4.69, 9.17) is 9.47 Å². The number of methoxy groups -OCH3 is 1. The minimum Gasteiger partial charge on any atom is -0.493 e. The number of amides is 1. The fourth-order valence-electron chi connectivity index (χ4n) is 2.24. The lowest BCUT2D eigenvalue weighted by atomic mass is 10.1. The smallest absolute Gasteiger partial charge is 0.240 e. The van der Waals surface area contributed by atoms with Crippen molar-refractivity contribution in [2.45, 2.75) is 19.8 Å². The Balaban J connectivity index is 1.92. The molecular formula is C19H21BrN2O3. The maximum atomic E-state index is 11.9. The molecule has 0 bridgehead atoms. The van der Waals surface area contributed by atoms with Crippen molar-refractivity contribution in [3.8, 4) is 11.5 Å². The van der Waals surface area contributed by atoms with Gasteiger partial charge in [-0.3, -0.25) is 4.79 Å². The fourth-order valence-corrected chi connectivity index (χ4v) is 2.81. The van der Waals surface area contributed by atoms with Gasteiger partial charge in [0.25, 0.3) is 0 Å². The molecule has 0 unspecified atom stereocenters. The lowest BCUT2D eigenvalue weighted by Crippen LogP contribution is -2.17. The lowest BCUT2D eigenvalue weighted by Gasteiger charge is -2.11. The van der Waals surface area contributed by atoms with Crippen molar-refractivity contribution in [1.82, 2.24) is 5.43 Å². The minimum atomic E-state index is -0.128. The van der Waals surface area contributed by atoms with E-state index in [9.17, 15) is 4.79 Å². The number of carbonyl (C=O) groups is 1. The van der Waals surface area contributed by atoms with Crippen molar-refractivity contribution in [3.05, 3.63) is 58.1 Å². The molecule has 0 saturated carbocycles. The van der Waals surface area contributed by atoms with Gasteiger partial charge in [-0.1, -0.05) is 30.3 Å². The monoisotopic (exact) mass is 404 g/mol. The van der Waals surface area contributed by atoms with Crippen LogP contribution in [0.25, 0.3) is 0 Å². The van der Waals surface area contributed by atoms with Crippen LogP contribution in [-0.4, -0.2) is 25.8 Å². The highest BCUT2D eigenvalue weighted by atomic mass is 79.9. The lowest BCUT2D eigenvalue weighted by molar-refractivity contribution is -0.121. The zero-order valence-corrected chi connectivity index (χ0v) is 15.9. The first-order valence-corrected chi connectivity index (χ1v) is 8.79. The van der Waals surface area contributed by atoms with Gasteiger partial charge in [-0.15, -0.1) is 0 Å². The molecule has 2 aromatic carbocycles. The number of hydrogen-bond donors (Lipinski definition) is 1. The molecule has 5 nitrogen and oxygen atoms in total. The highest BCUT2D eigenvalue weighted by molar-refractivity contribution is 9.10. The fraction of sp³-hybridized carbons (Fsp3) is 0.263. The summed E-state index contributed by atoms with van der Waals surface area (Å²) < 4.78 is 11.6. The van der Waals surface area contributed by atoms with Gasteiger partial charge in [-0.05, 0) is 52.5 Å². The van der Waals surface area contributed by atoms with Crippen molar-refractivity contribution < 1.29 is 14.3 Å². The molecule has 0 heterocycles. The van der Waals surface area contributed by atoms with Gasteiger partial charge in [-0.2, -0.15) is 5.10 Å². The Morgan fingerprint density at radius 2 is 2.04 bits per heavy atom. The highest BCUT2D eigenvalue weighted by Crippen LogP contribution is 2.36. The van der Waals surface area contributed by atoms with Crippen LogP contribution in [0.3, 0.4) is 0 Å². The van der Waals surface area contributed by atoms with Crippen molar-refractivity contribution in [3.63, 3.8) is 0 Å². The van der Waals surface area contributed by atoms with Crippen molar-refractivity contribution in [2.24, 2.45) is 5.10 Å². The summed E-state index contributed by atoms with van der Waals surface area (Å²) in [5.41, 5.74) is 4.46. The third-order valence-corrected chi connectivity index (χ3v) is 4.02. The van der Waals surface area contributed by atoms with Crippen LogP contribution in [-0.2, 0) is 11.2 Å². The third kappa shape index (κ3) is 5.90. The van der Waals surface area contributed by atoms with Gasteiger partial charge in [-0.25, -0.2) is 5.43 Å². The maximum absolute atomic E-state index is 11.9. The van der Waals surface area contributed by atoms with E-state index in [0.29, 0.717) is 30.9 Å². The second kappa shape index (κ2) is 9.84. The van der Waals surface area contributed by atoms with E-state index >= 15 is 0 Å². The molecule has 0 atom stereocenters. The molecular weight excluding hydrogens is 384 g/mol. The first-order chi connectivity index (χ1) is 12.1. The van der Waals surface area contributed by atoms with Gasteiger partial charge in [0.2, 0.25) is 5.91 Å². The van der Waals surface area contributed by atoms with E-state index < -0.39 is 0 Å². The van der Waals surface area contributed by atoms with Crippen LogP contribution in [0.5, 0.6) is 11.5 Å². The average molecular weight is 405 g/mol. The first-order valence-electron chi connectivity index (χ1n) is 8.00. The normalized spacial score (nSPS) is 10.7. The van der Waals surface area contributed by atoms with Crippen molar-refractivity contribution in [2.75, 3.05) is 13.7 Å². The van der Waals surface area contributed by atoms with Crippen LogP contribution in [0.15, 0.2) is 52.0 Å². The number of hydrogen-bond acceptors (Lipinski definition) is 4. The van der Waals surface area contributed by atoms with E-state index in [0.717, 1.165) is 15.6 Å². The van der Waals surface area contributed by atoms with Gasteiger partial charge in [0, 0.05) is 6.42 Å². The quantitative estimate of drug-likeness (QED) is 0.535. The zero-order valence-electron chi connectivity index (χ0n) is 14.3. The molecule has 1 amide bonds. The molecule has 0 saturated heterocycles. The standard InChI is InChI=1S/C19H21BrN2O3/c1-3-25-19-16(20)11-15(12-17(19)24-2)13-21-22-18(23)10-9-14-7-5-4-6-8-14/h4-8,11-13H,3,9-10H2,1-2H3,(H,22,23)/b21-13-. The summed E-state index contributed by atoms with van der Waals surface area (Å²) in [6.07, 6.45) is 2.64. The van der Waals surface area contributed by atoms with Gasteiger partial charge in [0.15, 0.2) is 11.5 Å². The number of aryl methyl sites for hydroxylation is 1. The van der Waals surface area contributed by atoms with Crippen molar-refractivity contribution in [1.29, 1.82) is 0 Å². The number of carbonyl (C=O) groups excluding carboxylic acids is 1. The Morgan fingerprint density at radius 3 is 2.72 bits per heavy atom. The van der Waals surface area contributed by atoms with E-state index in [2.05, 4.69) is 26.5 Å². The largest absolute Gasteiger partial charge is 0.493 e. The molecule has 0 fully saturated rings. The topological polar surface area (TPSA) is 59.9 Å². The van der Waals surface area contributed by atoms with Crippen LogP contribution in [0.1, 0.15) is 24.5 Å². The Bertz CT molecular complexity index is 733. The number of benzene rings is 2. The third-order valence-electron chi connectivity index (χ3n) is 3.43. The summed E-state index contributed by atoms with van der Waals surface area (Å²) >= 11 is 3.46. The molecule has 0 aliphatic heterocycles. The summed E-state index contributed by atoms with van der Waals surface area (Å²) in [4.78, 5) is 11.9. The summed E-state index contributed by atoms with van der Waals surface area (Å²) in [7, 11) is 1.58. The van der Waals surface area contributed by atoms with Crippen LogP contribution < -0.4 is 14.9 Å². The van der Waals surface area contributed by atoms with Gasteiger partial charge in [0.05, 0.1) is 24.4 Å². The van der Waals surface area contributed by atoms with Crippen LogP contribution in [0.2, 0.25) is 0 Å². The molecule has 132 valence electrons. The highest BCUT2D eigenvalue weighted by Gasteiger charge is 2.10. The van der Waals surface area contributed by atoms with E-state index in [1.165, 1.54) is 0 Å². The molecule has 0 aliphatic rings. The predicted octanol–water partition coefficient (Wildman–Crippen LogP) is 3.94. The maximum Gasteiger partial charge on any atom is 0.240 e. The SMILES string of the molecule is CCOc1c(Br)cc(/C=N\NC(=O)CCc2ccccc2)cc1OC. The summed E-state index contributed by atoms with van der Waals surface area (Å²) in [6, 6.07) is 13.5. The second-order valence-electron chi connectivity index (χ2n) is 5.25. The van der Waals surface area contributed by atoms with Gasteiger partial charge < -0.3 is 9.47 Å². The molecule has 0 spiro atoms. The predicted molar refractivity (Wildman–Crippen MR) is 102 cm³/mol. The van der Waals surface area contributed by atoms with Crippen LogP contribution in [0, 0.1) is 0 Å². The Hall–Kier alpha value is -2.34. The van der Waals surface area contributed by atoms with E-state index in [1.807, 2.05) is 43.3 Å². The molecule has 6 heteroatoms. The van der Waals surface area contributed by atoms with Gasteiger partial charge >= 0.3 is 0 Å². The average Bonchev–Trinajstić information content (AvgIpc) is 2.63. The zero-order chi connectivity index (χ0) is 18.1. The summed E-state index contributed by atoms with van der Waals surface area (Å²) in [5.74, 6) is 1.12. The number of halogens is 1. The molecule has 0 aliphatic carbocycles. The number of hydrazone groups is 1. The molecule has 2 rings (SSSR count). The van der Waals surface area contributed by atoms with Crippen molar-refractivity contribution >= 4 is 28.1 Å². The van der Waals surface area contributed by atoms with E-state index in [1.54, 1.807) is 19.4 Å². The van der Waals surface area contributed by atoms with Crippen LogP contribution >= 0.6 is 15.9 Å². The Kier molecular flexibility index (Phi) is 7.47. The second-order valence-corrected chi connectivity index (χ2v) is 6.10. The van der Waals surface area contributed by atoms with E-state index in [-0.39, 0.29) is 5.91 Å². The first kappa shape index (κ1) is 19.0.